The number of rotatable bonds is 3. The number of aryl methyl sites for hydroxylation is 1. The lowest BCUT2D eigenvalue weighted by Crippen LogP contribution is -2.38. The molecular formula is C16H18N2O2. The summed E-state index contributed by atoms with van der Waals surface area (Å²) in [5.74, 6) is 1.56. The number of carbonyl (C=O) groups excluding carboxylic acids is 1. The van der Waals surface area contributed by atoms with E-state index in [0.29, 0.717) is 13.1 Å². The number of hydrogen-bond acceptors (Lipinski definition) is 3. The minimum atomic E-state index is -0.129. The summed E-state index contributed by atoms with van der Waals surface area (Å²) in [6, 6.07) is 11.9. The summed E-state index contributed by atoms with van der Waals surface area (Å²) >= 11 is 0. The molecule has 0 saturated carbocycles. The maximum Gasteiger partial charge on any atom is 0.229 e. The second kappa shape index (κ2) is 5.51. The van der Waals surface area contributed by atoms with E-state index in [4.69, 9.17) is 4.42 Å². The molecule has 2 N–H and O–H groups in total. The Bertz CT molecular complexity index is 618. The fourth-order valence-corrected chi connectivity index (χ4v) is 2.61. The Balaban J connectivity index is 1.69. The van der Waals surface area contributed by atoms with E-state index < -0.39 is 0 Å². The van der Waals surface area contributed by atoms with Crippen LogP contribution in [0.1, 0.15) is 28.6 Å². The maximum absolute atomic E-state index is 12.3. The molecule has 0 saturated heterocycles. The number of nitrogens with one attached hydrogen (secondary N) is 2. The molecule has 1 aliphatic rings. The summed E-state index contributed by atoms with van der Waals surface area (Å²) in [6.07, 6.45) is 0. The molecule has 3 rings (SSSR count). The van der Waals surface area contributed by atoms with Gasteiger partial charge in [-0.3, -0.25) is 4.79 Å². The van der Waals surface area contributed by atoms with Crippen LogP contribution in [0.25, 0.3) is 0 Å². The fraction of sp³-hybridized carbons (Fsp3) is 0.312. The summed E-state index contributed by atoms with van der Waals surface area (Å²) < 4.78 is 5.46. The molecule has 0 radical (unpaired) electrons. The van der Waals surface area contributed by atoms with Crippen molar-refractivity contribution in [1.29, 1.82) is 0 Å². The van der Waals surface area contributed by atoms with Crippen LogP contribution in [-0.4, -0.2) is 12.5 Å². The third-order valence-electron chi connectivity index (χ3n) is 3.64. The van der Waals surface area contributed by atoms with Crippen molar-refractivity contribution >= 4 is 5.91 Å². The highest BCUT2D eigenvalue weighted by Gasteiger charge is 2.25. The van der Waals surface area contributed by atoms with Gasteiger partial charge in [0.1, 0.15) is 11.5 Å². The standard InChI is InChI=1S/C16H18N2O2/c1-11-6-7-13(20-11)9-18-16(19)15-10-17-8-12-4-2-3-5-14(12)15/h2-7,15,17H,8-10H2,1H3,(H,18,19). The van der Waals surface area contributed by atoms with Gasteiger partial charge in [0.15, 0.2) is 0 Å². The highest BCUT2D eigenvalue weighted by atomic mass is 16.3. The van der Waals surface area contributed by atoms with Gasteiger partial charge in [0, 0.05) is 13.1 Å². The molecule has 4 heteroatoms. The number of benzene rings is 1. The van der Waals surface area contributed by atoms with Crippen LogP contribution in [0.4, 0.5) is 0 Å². The van der Waals surface area contributed by atoms with Crippen molar-refractivity contribution in [3.05, 3.63) is 59.0 Å². The van der Waals surface area contributed by atoms with E-state index >= 15 is 0 Å². The lowest BCUT2D eigenvalue weighted by Gasteiger charge is -2.25. The van der Waals surface area contributed by atoms with Crippen LogP contribution in [0.2, 0.25) is 0 Å². The molecule has 0 aliphatic carbocycles. The average Bonchev–Trinajstić information content (AvgIpc) is 2.90. The number of carbonyl (C=O) groups is 1. The second-order valence-corrected chi connectivity index (χ2v) is 5.11. The molecule has 1 atom stereocenters. The fourth-order valence-electron chi connectivity index (χ4n) is 2.61. The van der Waals surface area contributed by atoms with Crippen molar-refractivity contribution in [2.24, 2.45) is 0 Å². The minimum absolute atomic E-state index is 0.0405. The molecule has 1 amide bonds. The molecule has 2 heterocycles. The monoisotopic (exact) mass is 270 g/mol. The smallest absolute Gasteiger partial charge is 0.229 e. The molecule has 1 aromatic carbocycles. The van der Waals surface area contributed by atoms with Crippen molar-refractivity contribution in [2.45, 2.75) is 25.9 Å². The number of fused-ring (bicyclic) bond motifs is 1. The van der Waals surface area contributed by atoms with E-state index in [-0.39, 0.29) is 11.8 Å². The van der Waals surface area contributed by atoms with Crippen LogP contribution in [0.3, 0.4) is 0 Å². The summed E-state index contributed by atoms with van der Waals surface area (Å²) in [5, 5.41) is 6.24. The lowest BCUT2D eigenvalue weighted by molar-refractivity contribution is -0.122. The lowest BCUT2D eigenvalue weighted by atomic mass is 9.90. The first kappa shape index (κ1) is 12.9. The molecule has 2 aromatic rings. The molecule has 4 nitrogen and oxygen atoms in total. The zero-order valence-corrected chi connectivity index (χ0v) is 11.5. The van der Waals surface area contributed by atoms with Gasteiger partial charge in [-0.1, -0.05) is 24.3 Å². The van der Waals surface area contributed by atoms with Crippen LogP contribution < -0.4 is 10.6 Å². The van der Waals surface area contributed by atoms with Crippen molar-refractivity contribution in [1.82, 2.24) is 10.6 Å². The van der Waals surface area contributed by atoms with E-state index in [9.17, 15) is 4.79 Å². The Morgan fingerprint density at radius 2 is 2.20 bits per heavy atom. The SMILES string of the molecule is Cc1ccc(CNC(=O)C2CNCc3ccccc32)o1. The molecular weight excluding hydrogens is 252 g/mol. The van der Waals surface area contributed by atoms with Crippen LogP contribution in [-0.2, 0) is 17.9 Å². The topological polar surface area (TPSA) is 54.3 Å². The van der Waals surface area contributed by atoms with E-state index in [1.807, 2.05) is 37.3 Å². The normalized spacial score (nSPS) is 17.6. The highest BCUT2D eigenvalue weighted by Crippen LogP contribution is 2.23. The first-order valence-electron chi connectivity index (χ1n) is 6.85. The van der Waals surface area contributed by atoms with Crippen molar-refractivity contribution in [3.63, 3.8) is 0 Å². The Labute approximate surface area is 118 Å². The predicted octanol–water partition coefficient (Wildman–Crippen LogP) is 2.09. The van der Waals surface area contributed by atoms with Gasteiger partial charge in [-0.15, -0.1) is 0 Å². The zero-order chi connectivity index (χ0) is 13.9. The first-order chi connectivity index (χ1) is 9.74. The third kappa shape index (κ3) is 2.60. The quantitative estimate of drug-likeness (QED) is 0.898. The Kier molecular flexibility index (Phi) is 3.56. The molecule has 1 aliphatic heterocycles. The van der Waals surface area contributed by atoms with Gasteiger partial charge in [-0.25, -0.2) is 0 Å². The van der Waals surface area contributed by atoms with Crippen molar-refractivity contribution in [2.75, 3.05) is 6.54 Å². The van der Waals surface area contributed by atoms with Gasteiger partial charge in [-0.2, -0.15) is 0 Å². The molecule has 0 fully saturated rings. The van der Waals surface area contributed by atoms with Gasteiger partial charge < -0.3 is 15.1 Å². The Morgan fingerprint density at radius 3 is 3.00 bits per heavy atom. The average molecular weight is 270 g/mol. The first-order valence-corrected chi connectivity index (χ1v) is 6.85. The van der Waals surface area contributed by atoms with E-state index in [2.05, 4.69) is 16.7 Å². The van der Waals surface area contributed by atoms with Crippen molar-refractivity contribution in [3.8, 4) is 0 Å². The largest absolute Gasteiger partial charge is 0.465 e. The van der Waals surface area contributed by atoms with Crippen LogP contribution in [0.15, 0.2) is 40.8 Å². The molecule has 104 valence electrons. The second-order valence-electron chi connectivity index (χ2n) is 5.11. The Morgan fingerprint density at radius 1 is 1.35 bits per heavy atom. The summed E-state index contributed by atoms with van der Waals surface area (Å²) in [6.45, 7) is 3.84. The third-order valence-corrected chi connectivity index (χ3v) is 3.64. The van der Waals surface area contributed by atoms with Gasteiger partial charge in [0.05, 0.1) is 12.5 Å². The molecule has 1 aromatic heterocycles. The number of furan rings is 1. The van der Waals surface area contributed by atoms with E-state index in [1.54, 1.807) is 0 Å². The van der Waals surface area contributed by atoms with Crippen molar-refractivity contribution < 1.29 is 9.21 Å². The summed E-state index contributed by atoms with van der Waals surface area (Å²) in [7, 11) is 0. The predicted molar refractivity (Wildman–Crippen MR) is 76.2 cm³/mol. The number of hydrogen-bond donors (Lipinski definition) is 2. The van der Waals surface area contributed by atoms with Gasteiger partial charge in [0.2, 0.25) is 5.91 Å². The molecule has 1 unspecified atom stereocenters. The number of amides is 1. The molecule has 0 bridgehead atoms. The van der Waals surface area contributed by atoms with Gasteiger partial charge in [0.25, 0.3) is 0 Å². The van der Waals surface area contributed by atoms with Crippen LogP contribution in [0, 0.1) is 6.92 Å². The van der Waals surface area contributed by atoms with Gasteiger partial charge >= 0.3 is 0 Å². The zero-order valence-electron chi connectivity index (χ0n) is 11.5. The van der Waals surface area contributed by atoms with E-state index in [0.717, 1.165) is 23.6 Å². The van der Waals surface area contributed by atoms with E-state index in [1.165, 1.54) is 5.56 Å². The maximum atomic E-state index is 12.3. The van der Waals surface area contributed by atoms with Crippen LogP contribution >= 0.6 is 0 Å². The van der Waals surface area contributed by atoms with Gasteiger partial charge in [-0.05, 0) is 30.2 Å². The summed E-state index contributed by atoms with van der Waals surface area (Å²) in [5.41, 5.74) is 2.33. The highest BCUT2D eigenvalue weighted by molar-refractivity contribution is 5.84. The minimum Gasteiger partial charge on any atom is -0.465 e. The summed E-state index contributed by atoms with van der Waals surface area (Å²) in [4.78, 5) is 12.3. The molecule has 0 spiro atoms. The molecule has 20 heavy (non-hydrogen) atoms. The van der Waals surface area contributed by atoms with Crippen LogP contribution in [0.5, 0.6) is 0 Å². The Hall–Kier alpha value is -2.07.